The average Bonchev–Trinajstić information content (AvgIpc) is 2.49. The molecule has 2 aromatic rings. The highest BCUT2D eigenvalue weighted by Crippen LogP contribution is 2.12. The maximum atomic E-state index is 11.9. The Kier molecular flexibility index (Phi) is 4.73. The summed E-state index contributed by atoms with van der Waals surface area (Å²) in [7, 11) is 0. The van der Waals surface area contributed by atoms with E-state index >= 15 is 0 Å². The molecule has 0 aliphatic rings. The highest BCUT2D eigenvalue weighted by atomic mass is 16.5. The van der Waals surface area contributed by atoms with E-state index in [4.69, 9.17) is 10.00 Å². The Morgan fingerprint density at radius 2 is 1.90 bits per heavy atom. The Labute approximate surface area is 124 Å². The molecule has 0 amide bonds. The van der Waals surface area contributed by atoms with Gasteiger partial charge in [0.05, 0.1) is 18.1 Å². The third-order valence-electron chi connectivity index (χ3n) is 3.45. The van der Waals surface area contributed by atoms with E-state index in [0.717, 1.165) is 16.7 Å². The Hall–Kier alpha value is -2.60. The molecule has 0 aliphatic carbocycles. The van der Waals surface area contributed by atoms with Crippen molar-refractivity contribution in [2.75, 3.05) is 0 Å². The second kappa shape index (κ2) is 6.71. The minimum atomic E-state index is -0.286. The molecule has 2 rings (SSSR count). The lowest BCUT2D eigenvalue weighted by molar-refractivity contribution is -0.144. The third kappa shape index (κ3) is 3.93. The largest absolute Gasteiger partial charge is 0.461 e. The van der Waals surface area contributed by atoms with Crippen LogP contribution >= 0.6 is 0 Å². The summed E-state index contributed by atoms with van der Waals surface area (Å²) in [5, 5.41) is 8.98. The highest BCUT2D eigenvalue weighted by Gasteiger charge is 2.08. The SMILES string of the molecule is Cc1ccc(CC(=O)OCc2ccccc2C#N)cc1C. The van der Waals surface area contributed by atoms with Crippen molar-refractivity contribution in [3.63, 3.8) is 0 Å². The lowest BCUT2D eigenvalue weighted by atomic mass is 10.0. The van der Waals surface area contributed by atoms with Crippen LogP contribution in [0.15, 0.2) is 42.5 Å². The molecule has 0 aliphatic heterocycles. The molecular weight excluding hydrogens is 262 g/mol. The van der Waals surface area contributed by atoms with Crippen LogP contribution in [0.3, 0.4) is 0 Å². The number of nitrogens with zero attached hydrogens (tertiary/aromatic N) is 1. The van der Waals surface area contributed by atoms with E-state index in [2.05, 4.69) is 6.07 Å². The van der Waals surface area contributed by atoms with Crippen molar-refractivity contribution < 1.29 is 9.53 Å². The summed E-state index contributed by atoms with van der Waals surface area (Å²) >= 11 is 0. The number of ether oxygens (including phenoxy) is 1. The van der Waals surface area contributed by atoms with Crippen molar-refractivity contribution in [3.8, 4) is 6.07 Å². The fourth-order valence-corrected chi connectivity index (χ4v) is 2.04. The van der Waals surface area contributed by atoms with Gasteiger partial charge in [-0.05, 0) is 36.6 Å². The van der Waals surface area contributed by atoms with E-state index in [1.165, 1.54) is 5.56 Å². The first-order chi connectivity index (χ1) is 10.1. The summed E-state index contributed by atoms with van der Waals surface area (Å²) in [6.45, 7) is 4.19. The molecule has 0 radical (unpaired) electrons. The lowest BCUT2D eigenvalue weighted by Crippen LogP contribution is -2.09. The highest BCUT2D eigenvalue weighted by molar-refractivity contribution is 5.72. The number of carbonyl (C=O) groups excluding carboxylic acids is 1. The molecule has 0 atom stereocenters. The number of nitriles is 1. The van der Waals surface area contributed by atoms with Gasteiger partial charge in [-0.2, -0.15) is 5.26 Å². The Morgan fingerprint density at radius 1 is 1.14 bits per heavy atom. The quantitative estimate of drug-likeness (QED) is 0.805. The van der Waals surface area contributed by atoms with Crippen LogP contribution in [-0.4, -0.2) is 5.97 Å². The Morgan fingerprint density at radius 3 is 2.62 bits per heavy atom. The summed E-state index contributed by atoms with van der Waals surface area (Å²) in [6, 6.07) is 15.2. The third-order valence-corrected chi connectivity index (χ3v) is 3.45. The molecule has 0 saturated heterocycles. The van der Waals surface area contributed by atoms with Crippen LogP contribution in [0, 0.1) is 25.2 Å². The van der Waals surface area contributed by atoms with E-state index in [1.54, 1.807) is 18.2 Å². The topological polar surface area (TPSA) is 50.1 Å². The van der Waals surface area contributed by atoms with Gasteiger partial charge in [0.1, 0.15) is 6.61 Å². The molecular formula is C18H17NO2. The Balaban J connectivity index is 1.96. The molecule has 0 unspecified atom stereocenters. The molecule has 0 heterocycles. The summed E-state index contributed by atoms with van der Waals surface area (Å²) in [6.07, 6.45) is 0.246. The molecule has 0 N–H and O–H groups in total. The molecule has 0 saturated carbocycles. The predicted octanol–water partition coefficient (Wildman–Crippen LogP) is 3.46. The molecule has 0 aromatic heterocycles. The van der Waals surface area contributed by atoms with Crippen molar-refractivity contribution in [2.45, 2.75) is 26.9 Å². The van der Waals surface area contributed by atoms with Gasteiger partial charge >= 0.3 is 5.97 Å². The van der Waals surface area contributed by atoms with Crippen LogP contribution in [0.5, 0.6) is 0 Å². The van der Waals surface area contributed by atoms with Crippen LogP contribution in [0.4, 0.5) is 0 Å². The fourth-order valence-electron chi connectivity index (χ4n) is 2.04. The molecule has 2 aromatic carbocycles. The average molecular weight is 279 g/mol. The van der Waals surface area contributed by atoms with Crippen LogP contribution in [0.2, 0.25) is 0 Å². The monoisotopic (exact) mass is 279 g/mol. The minimum Gasteiger partial charge on any atom is -0.461 e. The van der Waals surface area contributed by atoms with Gasteiger partial charge < -0.3 is 4.74 Å². The van der Waals surface area contributed by atoms with Crippen LogP contribution in [-0.2, 0) is 22.6 Å². The fraction of sp³-hybridized carbons (Fsp3) is 0.222. The first-order valence-electron chi connectivity index (χ1n) is 6.80. The zero-order valence-corrected chi connectivity index (χ0v) is 12.2. The second-order valence-electron chi connectivity index (χ2n) is 5.03. The van der Waals surface area contributed by atoms with E-state index in [-0.39, 0.29) is 19.0 Å². The minimum absolute atomic E-state index is 0.132. The molecule has 0 fully saturated rings. The normalized spacial score (nSPS) is 9.95. The maximum absolute atomic E-state index is 11.9. The number of esters is 1. The molecule has 0 bridgehead atoms. The molecule has 106 valence electrons. The second-order valence-corrected chi connectivity index (χ2v) is 5.03. The van der Waals surface area contributed by atoms with Crippen molar-refractivity contribution in [1.82, 2.24) is 0 Å². The molecule has 3 nitrogen and oxygen atoms in total. The predicted molar refractivity (Wildman–Crippen MR) is 80.6 cm³/mol. The van der Waals surface area contributed by atoms with Crippen molar-refractivity contribution >= 4 is 5.97 Å². The molecule has 21 heavy (non-hydrogen) atoms. The number of hydrogen-bond acceptors (Lipinski definition) is 3. The lowest BCUT2D eigenvalue weighted by Gasteiger charge is -2.07. The molecule has 3 heteroatoms. The van der Waals surface area contributed by atoms with Gasteiger partial charge in [0.2, 0.25) is 0 Å². The van der Waals surface area contributed by atoms with Gasteiger partial charge in [0.25, 0.3) is 0 Å². The van der Waals surface area contributed by atoms with Crippen LogP contribution in [0.1, 0.15) is 27.8 Å². The first-order valence-corrected chi connectivity index (χ1v) is 6.80. The number of rotatable bonds is 4. The smallest absolute Gasteiger partial charge is 0.310 e. The van der Waals surface area contributed by atoms with Gasteiger partial charge in [-0.3, -0.25) is 4.79 Å². The van der Waals surface area contributed by atoms with Gasteiger partial charge in [0, 0.05) is 5.56 Å². The van der Waals surface area contributed by atoms with Crippen molar-refractivity contribution in [3.05, 3.63) is 70.3 Å². The van der Waals surface area contributed by atoms with Gasteiger partial charge in [-0.15, -0.1) is 0 Å². The van der Waals surface area contributed by atoms with Gasteiger partial charge in [0.15, 0.2) is 0 Å². The zero-order chi connectivity index (χ0) is 15.2. The van der Waals surface area contributed by atoms with E-state index in [1.807, 2.05) is 38.1 Å². The number of benzene rings is 2. The number of carbonyl (C=O) groups is 1. The van der Waals surface area contributed by atoms with Gasteiger partial charge in [-0.1, -0.05) is 36.4 Å². The van der Waals surface area contributed by atoms with Crippen LogP contribution in [0.25, 0.3) is 0 Å². The summed E-state index contributed by atoms with van der Waals surface area (Å²) in [5.41, 5.74) is 4.58. The van der Waals surface area contributed by atoms with E-state index in [0.29, 0.717) is 5.56 Å². The maximum Gasteiger partial charge on any atom is 0.310 e. The van der Waals surface area contributed by atoms with Crippen molar-refractivity contribution in [1.29, 1.82) is 5.26 Å². The number of hydrogen-bond donors (Lipinski definition) is 0. The molecule has 0 spiro atoms. The Bertz CT molecular complexity index is 699. The van der Waals surface area contributed by atoms with Crippen molar-refractivity contribution in [2.24, 2.45) is 0 Å². The van der Waals surface area contributed by atoms with E-state index in [9.17, 15) is 4.79 Å². The van der Waals surface area contributed by atoms with Gasteiger partial charge in [-0.25, -0.2) is 0 Å². The summed E-state index contributed by atoms with van der Waals surface area (Å²) in [4.78, 5) is 11.9. The summed E-state index contributed by atoms with van der Waals surface area (Å²) in [5.74, 6) is -0.286. The number of aryl methyl sites for hydroxylation is 2. The van der Waals surface area contributed by atoms with E-state index < -0.39 is 0 Å². The standard InChI is InChI=1S/C18H17NO2/c1-13-7-8-15(9-14(13)2)10-18(20)21-12-17-6-4-3-5-16(17)11-19/h3-9H,10,12H2,1-2H3. The van der Waals surface area contributed by atoms with Crippen LogP contribution < -0.4 is 0 Å². The summed E-state index contributed by atoms with van der Waals surface area (Å²) < 4.78 is 5.25. The zero-order valence-electron chi connectivity index (χ0n) is 12.2. The first kappa shape index (κ1) is 14.8.